The number of alkyl halides is 7. The Kier molecular flexibility index (Phi) is 6.39. The minimum Gasteiger partial charge on any atom is -0.356 e. The number of nitriles is 1. The lowest BCUT2D eigenvalue weighted by molar-refractivity contribution is -0.350. The van der Waals surface area contributed by atoms with E-state index < -0.39 is 35.2 Å². The molecule has 1 aliphatic carbocycles. The van der Waals surface area contributed by atoms with Gasteiger partial charge in [0.25, 0.3) is 5.91 Å². The van der Waals surface area contributed by atoms with E-state index >= 15 is 0 Å². The Morgan fingerprint density at radius 3 is 2.32 bits per heavy atom. The van der Waals surface area contributed by atoms with Crippen LogP contribution in [0.1, 0.15) is 28.9 Å². The molecule has 3 aromatic rings. The average molecular weight is 614 g/mol. The summed E-state index contributed by atoms with van der Waals surface area (Å²) in [6, 6.07) is 7.68. The molecule has 0 aliphatic heterocycles. The number of aromatic nitrogens is 2. The summed E-state index contributed by atoms with van der Waals surface area (Å²) < 4.78 is 99.6. The minimum atomic E-state index is -6.30. The van der Waals surface area contributed by atoms with E-state index in [0.717, 1.165) is 7.05 Å². The third-order valence-corrected chi connectivity index (χ3v) is 6.82. The molecule has 4 rings (SSSR count). The number of nitrogens with one attached hydrogen (secondary N) is 1. The molecule has 196 valence electrons. The SMILES string of the molecule is Cn1c(C(F)(C(F)(F)F)C(F)(F)F)cc(Br)c1-c1cc(-c2ccc(Cl)c(C(=O)NC3(C#N)CC3)c2)on1. The third kappa shape index (κ3) is 4.48. The van der Waals surface area contributed by atoms with Crippen LogP contribution in [0.25, 0.3) is 22.7 Å². The minimum absolute atomic E-state index is 0.00135. The van der Waals surface area contributed by atoms with Crippen LogP contribution in [0.5, 0.6) is 0 Å². The van der Waals surface area contributed by atoms with Crippen LogP contribution in [0, 0.1) is 11.3 Å². The Balaban J connectivity index is 1.72. The average Bonchev–Trinajstić information content (AvgIpc) is 3.28. The van der Waals surface area contributed by atoms with Crippen LogP contribution in [0.15, 0.2) is 39.3 Å². The first kappa shape index (κ1) is 27.0. The highest BCUT2D eigenvalue weighted by atomic mass is 79.9. The summed E-state index contributed by atoms with van der Waals surface area (Å²) in [5.74, 6) is -0.644. The Morgan fingerprint density at radius 2 is 1.78 bits per heavy atom. The first-order valence-electron chi connectivity index (χ1n) is 10.2. The number of rotatable bonds is 5. The van der Waals surface area contributed by atoms with Crippen LogP contribution in [0.4, 0.5) is 30.7 Å². The fourth-order valence-electron chi connectivity index (χ4n) is 3.69. The molecule has 2 heterocycles. The fourth-order valence-corrected chi connectivity index (χ4v) is 4.58. The second kappa shape index (κ2) is 8.76. The number of benzene rings is 1. The van der Waals surface area contributed by atoms with Gasteiger partial charge in [-0.25, -0.2) is 4.39 Å². The quantitative estimate of drug-likeness (QED) is 0.320. The molecule has 1 saturated carbocycles. The number of halogens is 9. The fraction of sp³-hybridized carbons (Fsp3) is 0.318. The molecule has 37 heavy (non-hydrogen) atoms. The van der Waals surface area contributed by atoms with E-state index in [1.54, 1.807) is 0 Å². The Bertz CT molecular complexity index is 1420. The van der Waals surface area contributed by atoms with Crippen LogP contribution in [0.3, 0.4) is 0 Å². The highest BCUT2D eigenvalue weighted by Gasteiger charge is 2.74. The molecule has 15 heteroatoms. The first-order chi connectivity index (χ1) is 17.0. The van der Waals surface area contributed by atoms with E-state index in [2.05, 4.69) is 26.4 Å². The van der Waals surface area contributed by atoms with Crippen molar-refractivity contribution in [3.63, 3.8) is 0 Å². The number of nitrogens with zero attached hydrogens (tertiary/aromatic N) is 3. The molecule has 0 atom stereocenters. The summed E-state index contributed by atoms with van der Waals surface area (Å²) in [7, 11) is 0.823. The first-order valence-corrected chi connectivity index (χ1v) is 11.4. The van der Waals surface area contributed by atoms with Gasteiger partial charge in [-0.3, -0.25) is 4.79 Å². The predicted octanol–water partition coefficient (Wildman–Crippen LogP) is 6.84. The van der Waals surface area contributed by atoms with Crippen molar-refractivity contribution in [1.29, 1.82) is 5.26 Å². The maximum atomic E-state index is 14.7. The molecule has 2 aromatic heterocycles. The molecule has 0 spiro atoms. The lowest BCUT2D eigenvalue weighted by Gasteiger charge is -2.30. The second-order valence-corrected chi connectivity index (χ2v) is 9.62. The van der Waals surface area contributed by atoms with Gasteiger partial charge in [0.15, 0.2) is 5.76 Å². The summed E-state index contributed by atoms with van der Waals surface area (Å²) in [6.45, 7) is 0. The van der Waals surface area contributed by atoms with Crippen LogP contribution in [-0.2, 0) is 12.7 Å². The topological polar surface area (TPSA) is 83.9 Å². The van der Waals surface area contributed by atoms with Crippen LogP contribution in [0.2, 0.25) is 5.02 Å². The molecule has 1 aliphatic rings. The van der Waals surface area contributed by atoms with Gasteiger partial charge in [-0.15, -0.1) is 0 Å². The molecule has 0 radical (unpaired) electrons. The maximum Gasteiger partial charge on any atom is 0.437 e. The lowest BCUT2D eigenvalue weighted by Crippen LogP contribution is -2.51. The number of hydrogen-bond donors (Lipinski definition) is 1. The highest BCUT2D eigenvalue weighted by Crippen LogP contribution is 2.54. The van der Waals surface area contributed by atoms with Crippen molar-refractivity contribution in [1.82, 2.24) is 15.0 Å². The van der Waals surface area contributed by atoms with Gasteiger partial charge in [0.2, 0.25) is 0 Å². The monoisotopic (exact) mass is 612 g/mol. The Morgan fingerprint density at radius 1 is 1.16 bits per heavy atom. The summed E-state index contributed by atoms with van der Waals surface area (Å²) in [6.07, 6.45) is -11.6. The van der Waals surface area contributed by atoms with Crippen molar-refractivity contribution < 1.29 is 40.1 Å². The molecular formula is C22H13BrClF7N4O2. The molecule has 0 bridgehead atoms. The van der Waals surface area contributed by atoms with Crippen molar-refractivity contribution in [3.05, 3.63) is 51.1 Å². The van der Waals surface area contributed by atoms with Crippen molar-refractivity contribution in [3.8, 4) is 28.8 Å². The van der Waals surface area contributed by atoms with Gasteiger partial charge >= 0.3 is 18.0 Å². The van der Waals surface area contributed by atoms with Gasteiger partial charge in [0, 0.05) is 23.2 Å². The predicted molar refractivity (Wildman–Crippen MR) is 119 cm³/mol. The zero-order valence-corrected chi connectivity index (χ0v) is 20.7. The van der Waals surface area contributed by atoms with Crippen LogP contribution >= 0.6 is 27.5 Å². The van der Waals surface area contributed by atoms with E-state index in [1.165, 1.54) is 24.3 Å². The zero-order valence-electron chi connectivity index (χ0n) is 18.4. The summed E-state index contributed by atoms with van der Waals surface area (Å²) >= 11 is 8.99. The van der Waals surface area contributed by atoms with Crippen molar-refractivity contribution in [2.45, 2.75) is 36.4 Å². The standard InChI is InChI=1S/C22H13BrClF7N4O2/c1-35-16(20(25,21(26,27)28)22(29,30)31)7-12(23)17(35)14-8-15(37-34-14)10-2-3-13(24)11(6-10)18(36)33-19(9-32)4-5-19/h2-3,6-8H,4-5H2,1H3,(H,33,36). The van der Waals surface area contributed by atoms with E-state index in [0.29, 0.717) is 23.5 Å². The van der Waals surface area contributed by atoms with Gasteiger partial charge in [0.05, 0.1) is 28.0 Å². The normalized spacial score (nSPS) is 15.4. The van der Waals surface area contributed by atoms with Crippen molar-refractivity contribution in [2.75, 3.05) is 0 Å². The molecular weight excluding hydrogens is 601 g/mol. The lowest BCUT2D eigenvalue weighted by atomic mass is 10.0. The highest BCUT2D eigenvalue weighted by molar-refractivity contribution is 9.10. The molecule has 1 N–H and O–H groups in total. The largest absolute Gasteiger partial charge is 0.437 e. The van der Waals surface area contributed by atoms with Gasteiger partial charge < -0.3 is 14.4 Å². The van der Waals surface area contributed by atoms with Crippen LogP contribution < -0.4 is 5.32 Å². The van der Waals surface area contributed by atoms with Gasteiger partial charge in [-0.05, 0) is 53.0 Å². The summed E-state index contributed by atoms with van der Waals surface area (Å²) in [5.41, 5.74) is -8.63. The molecule has 0 saturated heterocycles. The van der Waals surface area contributed by atoms with E-state index in [4.69, 9.17) is 16.1 Å². The van der Waals surface area contributed by atoms with Crippen molar-refractivity contribution in [2.24, 2.45) is 7.05 Å². The number of carbonyl (C=O) groups excluding carboxylic acids is 1. The summed E-state index contributed by atoms with van der Waals surface area (Å²) in [5, 5.41) is 15.5. The smallest absolute Gasteiger partial charge is 0.356 e. The van der Waals surface area contributed by atoms with E-state index in [1.807, 2.05) is 6.07 Å². The molecule has 1 aromatic carbocycles. The molecule has 1 amide bonds. The number of hydrogen-bond acceptors (Lipinski definition) is 4. The number of carbonyl (C=O) groups is 1. The second-order valence-electron chi connectivity index (χ2n) is 8.36. The van der Waals surface area contributed by atoms with Gasteiger partial charge in [0.1, 0.15) is 11.2 Å². The Labute approximate surface area is 217 Å². The Hall–Kier alpha value is -3.05. The molecule has 1 fully saturated rings. The van der Waals surface area contributed by atoms with Crippen LogP contribution in [-0.4, -0.2) is 33.5 Å². The van der Waals surface area contributed by atoms with E-state index in [-0.39, 0.29) is 37.8 Å². The van der Waals surface area contributed by atoms with Gasteiger partial charge in [-0.2, -0.15) is 31.6 Å². The number of amides is 1. The zero-order chi connectivity index (χ0) is 27.6. The van der Waals surface area contributed by atoms with Gasteiger partial charge in [-0.1, -0.05) is 16.8 Å². The summed E-state index contributed by atoms with van der Waals surface area (Å²) in [4.78, 5) is 12.6. The third-order valence-electron chi connectivity index (χ3n) is 5.89. The molecule has 6 nitrogen and oxygen atoms in total. The molecule has 0 unspecified atom stereocenters. The van der Waals surface area contributed by atoms with Crippen molar-refractivity contribution >= 4 is 33.4 Å². The van der Waals surface area contributed by atoms with E-state index in [9.17, 15) is 40.8 Å². The maximum absolute atomic E-state index is 14.7.